The quantitative estimate of drug-likeness (QED) is 0.500. The fourth-order valence-corrected chi connectivity index (χ4v) is 2.98. The molecule has 0 atom stereocenters. The van der Waals surface area contributed by atoms with E-state index >= 15 is 0 Å². The first-order valence-corrected chi connectivity index (χ1v) is 9.02. The molecule has 0 N–H and O–H groups in total. The maximum Gasteiger partial charge on any atom is 0.363 e. The minimum atomic E-state index is -0.487. The number of carbonyl (C=O) groups excluding carboxylic acids is 1. The lowest BCUT2D eigenvalue weighted by Gasteiger charge is -2.12. The van der Waals surface area contributed by atoms with E-state index in [2.05, 4.69) is 4.99 Å². The highest BCUT2D eigenvalue weighted by atomic mass is 16.6. The third-order valence-electron chi connectivity index (χ3n) is 4.42. The maximum atomic E-state index is 12.2. The number of cyclic esters (lactones) is 1. The van der Waals surface area contributed by atoms with E-state index in [0.717, 1.165) is 11.3 Å². The molecular formula is C22H23NO6. The van der Waals surface area contributed by atoms with E-state index in [1.54, 1.807) is 25.3 Å². The van der Waals surface area contributed by atoms with E-state index in [4.69, 9.17) is 23.7 Å². The van der Waals surface area contributed by atoms with Crippen LogP contribution in [0.25, 0.3) is 6.08 Å². The summed E-state index contributed by atoms with van der Waals surface area (Å²) < 4.78 is 26.5. The molecule has 1 aliphatic heterocycles. The molecule has 7 nitrogen and oxygen atoms in total. The summed E-state index contributed by atoms with van der Waals surface area (Å²) in [7, 11) is 6.23. The van der Waals surface area contributed by atoms with Crippen molar-refractivity contribution in [1.82, 2.24) is 0 Å². The van der Waals surface area contributed by atoms with E-state index in [-0.39, 0.29) is 5.70 Å². The van der Waals surface area contributed by atoms with Gasteiger partial charge in [0, 0.05) is 6.42 Å². The van der Waals surface area contributed by atoms with Crippen LogP contribution in [0.5, 0.6) is 23.0 Å². The number of aliphatic imine (C=N–C) groups is 1. The van der Waals surface area contributed by atoms with Gasteiger partial charge < -0.3 is 23.7 Å². The number of esters is 1. The molecule has 7 heteroatoms. The average molecular weight is 397 g/mol. The summed E-state index contributed by atoms with van der Waals surface area (Å²) in [5.41, 5.74) is 1.98. The van der Waals surface area contributed by atoms with Crippen LogP contribution in [0.15, 0.2) is 47.1 Å². The molecule has 29 heavy (non-hydrogen) atoms. The number of aryl methyl sites for hydroxylation is 1. The highest BCUT2D eigenvalue weighted by Gasteiger charge is 2.23. The van der Waals surface area contributed by atoms with Gasteiger partial charge >= 0.3 is 5.97 Å². The molecule has 2 aromatic rings. The Morgan fingerprint density at radius 2 is 1.66 bits per heavy atom. The minimum Gasteiger partial charge on any atom is -0.497 e. The smallest absolute Gasteiger partial charge is 0.363 e. The van der Waals surface area contributed by atoms with Crippen molar-refractivity contribution in [2.24, 2.45) is 4.99 Å². The number of methoxy groups -OCH3 is 4. The number of nitrogens with zero attached hydrogens (tertiary/aromatic N) is 1. The Balaban J connectivity index is 1.79. The van der Waals surface area contributed by atoms with Crippen LogP contribution in [0.3, 0.4) is 0 Å². The zero-order valence-corrected chi connectivity index (χ0v) is 16.9. The summed E-state index contributed by atoms with van der Waals surface area (Å²) in [4.78, 5) is 16.6. The Hall–Kier alpha value is -3.48. The fourth-order valence-electron chi connectivity index (χ4n) is 2.98. The molecule has 0 amide bonds. The van der Waals surface area contributed by atoms with E-state index in [1.165, 1.54) is 21.3 Å². The highest BCUT2D eigenvalue weighted by molar-refractivity contribution is 6.07. The van der Waals surface area contributed by atoms with Crippen molar-refractivity contribution in [3.8, 4) is 23.0 Å². The molecule has 0 unspecified atom stereocenters. The van der Waals surface area contributed by atoms with Crippen LogP contribution >= 0.6 is 0 Å². The zero-order valence-electron chi connectivity index (χ0n) is 16.9. The molecule has 0 aliphatic carbocycles. The van der Waals surface area contributed by atoms with Gasteiger partial charge in [-0.15, -0.1) is 0 Å². The summed E-state index contributed by atoms with van der Waals surface area (Å²) in [5.74, 6) is 2.15. The molecule has 0 radical (unpaired) electrons. The second kappa shape index (κ2) is 9.14. The van der Waals surface area contributed by atoms with Gasteiger partial charge in [-0.2, -0.15) is 0 Å². The van der Waals surface area contributed by atoms with Crippen LogP contribution in [0.4, 0.5) is 0 Å². The molecule has 1 aliphatic rings. The fraction of sp³-hybridized carbons (Fsp3) is 0.273. The average Bonchev–Trinajstić information content (AvgIpc) is 3.10. The Morgan fingerprint density at radius 1 is 0.931 bits per heavy atom. The molecular weight excluding hydrogens is 374 g/mol. The number of hydrogen-bond donors (Lipinski definition) is 0. The molecule has 1 heterocycles. The number of hydrogen-bond acceptors (Lipinski definition) is 7. The largest absolute Gasteiger partial charge is 0.497 e. The van der Waals surface area contributed by atoms with Crippen molar-refractivity contribution in [1.29, 1.82) is 0 Å². The van der Waals surface area contributed by atoms with Crippen molar-refractivity contribution >= 4 is 17.9 Å². The van der Waals surface area contributed by atoms with Crippen LogP contribution in [0.2, 0.25) is 0 Å². The molecule has 3 rings (SSSR count). The predicted molar refractivity (Wildman–Crippen MR) is 109 cm³/mol. The van der Waals surface area contributed by atoms with E-state index < -0.39 is 5.97 Å². The van der Waals surface area contributed by atoms with Gasteiger partial charge in [-0.25, -0.2) is 9.79 Å². The standard InChI is InChI=1S/C22H23NO6/c1-25-16-7-5-6-14(10-16)8-9-20-23-17(22(24)29-20)11-15-12-18(26-2)21(28-4)19(13-15)27-3/h5-7,10-13H,8-9H2,1-4H3/b17-11+. The highest BCUT2D eigenvalue weighted by Crippen LogP contribution is 2.39. The van der Waals surface area contributed by atoms with Crippen LogP contribution in [-0.4, -0.2) is 40.3 Å². The molecule has 0 bridgehead atoms. The Labute approximate surface area is 169 Å². The third kappa shape index (κ3) is 4.68. The predicted octanol–water partition coefficient (Wildman–Crippen LogP) is 3.65. The van der Waals surface area contributed by atoms with Gasteiger partial charge in [-0.05, 0) is 47.9 Å². The van der Waals surface area contributed by atoms with E-state index in [1.807, 2.05) is 24.3 Å². The lowest BCUT2D eigenvalue weighted by Crippen LogP contribution is -2.05. The van der Waals surface area contributed by atoms with E-state index in [0.29, 0.717) is 41.6 Å². The van der Waals surface area contributed by atoms with Gasteiger partial charge in [0.25, 0.3) is 0 Å². The second-order valence-corrected chi connectivity index (χ2v) is 6.23. The van der Waals surface area contributed by atoms with Crippen molar-refractivity contribution in [2.45, 2.75) is 12.8 Å². The van der Waals surface area contributed by atoms with Gasteiger partial charge in [0.2, 0.25) is 5.75 Å². The first-order valence-electron chi connectivity index (χ1n) is 9.02. The van der Waals surface area contributed by atoms with Gasteiger partial charge in [-0.3, -0.25) is 0 Å². The second-order valence-electron chi connectivity index (χ2n) is 6.23. The summed E-state index contributed by atoms with van der Waals surface area (Å²) in [6.45, 7) is 0. The number of ether oxygens (including phenoxy) is 5. The normalized spacial score (nSPS) is 14.4. The summed E-state index contributed by atoms with van der Waals surface area (Å²) in [6, 6.07) is 11.2. The van der Waals surface area contributed by atoms with Gasteiger partial charge in [0.05, 0.1) is 28.4 Å². The molecule has 0 saturated carbocycles. The summed E-state index contributed by atoms with van der Waals surface area (Å²) in [5, 5.41) is 0. The van der Waals surface area contributed by atoms with Gasteiger partial charge in [-0.1, -0.05) is 12.1 Å². The molecule has 0 aromatic heterocycles. The van der Waals surface area contributed by atoms with Gasteiger partial charge in [0.15, 0.2) is 23.1 Å². The number of benzene rings is 2. The van der Waals surface area contributed by atoms with Crippen molar-refractivity contribution in [2.75, 3.05) is 28.4 Å². The monoisotopic (exact) mass is 397 g/mol. The topological polar surface area (TPSA) is 75.6 Å². The van der Waals surface area contributed by atoms with Crippen LogP contribution in [0, 0.1) is 0 Å². The molecule has 0 fully saturated rings. The SMILES string of the molecule is COc1cccc(CCC2=N/C(=C/c3cc(OC)c(OC)c(OC)c3)C(=O)O2)c1. The van der Waals surface area contributed by atoms with Crippen molar-refractivity contribution < 1.29 is 28.5 Å². The number of carbonyl (C=O) groups is 1. The number of rotatable bonds is 8. The molecule has 152 valence electrons. The van der Waals surface area contributed by atoms with E-state index in [9.17, 15) is 4.79 Å². The lowest BCUT2D eigenvalue weighted by molar-refractivity contribution is -0.130. The lowest BCUT2D eigenvalue weighted by atomic mass is 10.1. The minimum absolute atomic E-state index is 0.222. The van der Waals surface area contributed by atoms with Crippen LogP contribution in [-0.2, 0) is 16.0 Å². The molecule has 0 saturated heterocycles. The van der Waals surface area contributed by atoms with Crippen LogP contribution in [0.1, 0.15) is 17.5 Å². The Kier molecular flexibility index (Phi) is 6.39. The third-order valence-corrected chi connectivity index (χ3v) is 4.42. The summed E-state index contributed by atoms with van der Waals surface area (Å²) >= 11 is 0. The first kappa shape index (κ1) is 20.3. The Morgan fingerprint density at radius 3 is 2.28 bits per heavy atom. The molecule has 0 spiro atoms. The first-order chi connectivity index (χ1) is 14.1. The zero-order chi connectivity index (χ0) is 20.8. The summed E-state index contributed by atoms with van der Waals surface area (Å²) in [6.07, 6.45) is 2.82. The van der Waals surface area contributed by atoms with Crippen molar-refractivity contribution in [3.05, 3.63) is 53.2 Å². The molecule has 2 aromatic carbocycles. The van der Waals surface area contributed by atoms with Crippen LogP contribution < -0.4 is 18.9 Å². The van der Waals surface area contributed by atoms with Crippen molar-refractivity contribution in [3.63, 3.8) is 0 Å². The van der Waals surface area contributed by atoms with Gasteiger partial charge in [0.1, 0.15) is 5.75 Å². The Bertz CT molecular complexity index is 939. The maximum absolute atomic E-state index is 12.2.